The van der Waals surface area contributed by atoms with Gasteiger partial charge >= 0.3 is 0 Å². The van der Waals surface area contributed by atoms with Crippen LogP contribution in [0.15, 0.2) is 24.3 Å². The molecule has 10 heteroatoms. The molecule has 2 aromatic heterocycles. The largest absolute Gasteiger partial charge is 0.383 e. The molecule has 0 fully saturated rings. The Balaban J connectivity index is 1.72. The van der Waals surface area contributed by atoms with E-state index in [0.29, 0.717) is 30.4 Å². The van der Waals surface area contributed by atoms with Crippen molar-refractivity contribution < 1.29 is 14.3 Å². The monoisotopic (exact) mass is 470 g/mol. The Morgan fingerprint density at radius 1 is 1.09 bits per heavy atom. The first kappa shape index (κ1) is 24.3. The van der Waals surface area contributed by atoms with Crippen LogP contribution in [0.4, 0.5) is 5.69 Å². The summed E-state index contributed by atoms with van der Waals surface area (Å²) in [4.78, 5) is 33.8. The van der Waals surface area contributed by atoms with Crippen LogP contribution in [0.3, 0.4) is 0 Å². The second-order valence-corrected chi connectivity index (χ2v) is 8.09. The van der Waals surface area contributed by atoms with Crippen LogP contribution < -0.4 is 10.6 Å². The molecule has 2 N–H and O–H groups in total. The van der Waals surface area contributed by atoms with Crippen LogP contribution >= 0.6 is 11.6 Å². The lowest BCUT2D eigenvalue weighted by Gasteiger charge is -2.10. The van der Waals surface area contributed by atoms with Crippen LogP contribution in [0.1, 0.15) is 38.7 Å². The zero-order chi connectivity index (χ0) is 24.1. The molecule has 0 atom stereocenters. The van der Waals surface area contributed by atoms with Gasteiger partial charge < -0.3 is 15.4 Å². The summed E-state index contributed by atoms with van der Waals surface area (Å²) in [5.74, 6) is -0.0523. The molecule has 0 aliphatic heterocycles. The second-order valence-electron chi connectivity index (χ2n) is 7.68. The highest BCUT2D eigenvalue weighted by Crippen LogP contribution is 2.22. The molecular weight excluding hydrogens is 444 g/mol. The molecule has 2 heterocycles. The van der Waals surface area contributed by atoms with E-state index in [1.807, 2.05) is 33.8 Å². The molecule has 0 radical (unpaired) electrons. The van der Waals surface area contributed by atoms with Gasteiger partial charge in [-0.15, -0.1) is 0 Å². The molecule has 9 nitrogen and oxygen atoms in total. The summed E-state index contributed by atoms with van der Waals surface area (Å²) in [6, 6.07) is 6.66. The van der Waals surface area contributed by atoms with E-state index in [-0.39, 0.29) is 23.3 Å². The summed E-state index contributed by atoms with van der Waals surface area (Å²) in [6.07, 6.45) is 0.124. The van der Waals surface area contributed by atoms with Crippen molar-refractivity contribution in [1.82, 2.24) is 25.1 Å². The third-order valence-electron chi connectivity index (χ3n) is 5.03. The average Bonchev–Trinajstić information content (AvgIpc) is 3.01. The average molecular weight is 471 g/mol. The summed E-state index contributed by atoms with van der Waals surface area (Å²) >= 11 is 6.26. The van der Waals surface area contributed by atoms with Crippen LogP contribution in [0, 0.1) is 27.7 Å². The van der Waals surface area contributed by atoms with Crippen LogP contribution in [0.25, 0.3) is 5.95 Å². The summed E-state index contributed by atoms with van der Waals surface area (Å²) in [5, 5.41) is 10.3. The predicted octanol–water partition coefficient (Wildman–Crippen LogP) is 3.11. The van der Waals surface area contributed by atoms with Crippen molar-refractivity contribution in [2.75, 3.05) is 25.6 Å². The molecule has 0 aliphatic rings. The van der Waals surface area contributed by atoms with Crippen molar-refractivity contribution in [2.45, 2.75) is 34.1 Å². The summed E-state index contributed by atoms with van der Waals surface area (Å²) in [7, 11) is 1.56. The normalized spacial score (nSPS) is 10.8. The molecule has 174 valence electrons. The fraction of sp³-hybridized carbons (Fsp3) is 0.348. The minimum atomic E-state index is -0.304. The molecule has 33 heavy (non-hydrogen) atoms. The van der Waals surface area contributed by atoms with Gasteiger partial charge in [-0.05, 0) is 52.0 Å². The van der Waals surface area contributed by atoms with Gasteiger partial charge in [-0.25, -0.2) is 14.6 Å². The topological polar surface area (TPSA) is 111 Å². The lowest BCUT2D eigenvalue weighted by Crippen LogP contribution is -2.27. The number of benzene rings is 1. The van der Waals surface area contributed by atoms with E-state index in [4.69, 9.17) is 16.3 Å². The summed E-state index contributed by atoms with van der Waals surface area (Å²) in [5.41, 5.74) is 4.84. The molecule has 0 bridgehead atoms. The molecule has 0 unspecified atom stereocenters. The Labute approximate surface area is 197 Å². The van der Waals surface area contributed by atoms with Crippen molar-refractivity contribution in [2.24, 2.45) is 0 Å². The number of nitrogens with one attached hydrogen (secondary N) is 2. The Kier molecular flexibility index (Phi) is 7.78. The summed E-state index contributed by atoms with van der Waals surface area (Å²) in [6.45, 7) is 8.32. The van der Waals surface area contributed by atoms with E-state index in [0.717, 1.165) is 28.3 Å². The fourth-order valence-electron chi connectivity index (χ4n) is 3.43. The first-order valence-electron chi connectivity index (χ1n) is 10.4. The number of aromatic nitrogens is 4. The molecule has 3 aromatic rings. The van der Waals surface area contributed by atoms with Crippen molar-refractivity contribution in [3.8, 4) is 5.95 Å². The number of hydrogen-bond acceptors (Lipinski definition) is 6. The van der Waals surface area contributed by atoms with Crippen LogP contribution in [-0.4, -0.2) is 51.8 Å². The van der Waals surface area contributed by atoms with Gasteiger partial charge in [-0.1, -0.05) is 11.6 Å². The number of halogens is 1. The first-order chi connectivity index (χ1) is 15.7. The first-order valence-corrected chi connectivity index (χ1v) is 10.8. The molecule has 0 aliphatic carbocycles. The maximum absolute atomic E-state index is 12.7. The quantitative estimate of drug-likeness (QED) is 0.489. The maximum atomic E-state index is 12.7. The zero-order valence-electron chi connectivity index (χ0n) is 19.3. The maximum Gasteiger partial charge on any atom is 0.252 e. The molecule has 3 rings (SSSR count). The van der Waals surface area contributed by atoms with Gasteiger partial charge in [-0.2, -0.15) is 5.10 Å². The lowest BCUT2D eigenvalue weighted by molar-refractivity contribution is -0.115. The highest BCUT2D eigenvalue weighted by atomic mass is 35.5. The van der Waals surface area contributed by atoms with Gasteiger partial charge in [0.15, 0.2) is 0 Å². The minimum Gasteiger partial charge on any atom is -0.383 e. The predicted molar refractivity (Wildman–Crippen MR) is 126 cm³/mol. The van der Waals surface area contributed by atoms with Gasteiger partial charge in [-0.3, -0.25) is 9.59 Å². The Morgan fingerprint density at radius 3 is 2.42 bits per heavy atom. The molecule has 2 amide bonds. The number of hydrogen-bond donors (Lipinski definition) is 2. The number of carbonyl (C=O) groups excluding carboxylic acids is 2. The van der Waals surface area contributed by atoms with Crippen molar-refractivity contribution in [3.05, 3.63) is 63.2 Å². The third-order valence-corrected chi connectivity index (χ3v) is 5.34. The van der Waals surface area contributed by atoms with E-state index in [1.165, 1.54) is 0 Å². The van der Waals surface area contributed by atoms with Crippen LogP contribution in [0.2, 0.25) is 5.02 Å². The SMILES string of the molecule is COCCNC(=O)c1ccc(NC(=O)Cc2c(C)nn(-c3nc(C)cc(C)n3)c2C)cc1Cl. The van der Waals surface area contributed by atoms with Crippen LogP contribution in [0.5, 0.6) is 0 Å². The number of ether oxygens (including phenoxy) is 1. The van der Waals surface area contributed by atoms with Crippen molar-refractivity contribution in [3.63, 3.8) is 0 Å². The third kappa shape index (κ3) is 5.94. The minimum absolute atomic E-state index is 0.124. The molecular formula is C23H27ClN6O3. The van der Waals surface area contributed by atoms with Gasteiger partial charge in [0.1, 0.15) is 0 Å². The fourth-order valence-corrected chi connectivity index (χ4v) is 3.70. The smallest absolute Gasteiger partial charge is 0.252 e. The van der Waals surface area contributed by atoms with E-state index in [2.05, 4.69) is 25.7 Å². The number of amides is 2. The Hall–Kier alpha value is -3.30. The van der Waals surface area contributed by atoms with Crippen LogP contribution in [-0.2, 0) is 16.0 Å². The van der Waals surface area contributed by atoms with Gasteiger partial charge in [0, 0.05) is 42.0 Å². The van der Waals surface area contributed by atoms with Crippen molar-refractivity contribution in [1.29, 1.82) is 0 Å². The van der Waals surface area contributed by atoms with E-state index in [1.54, 1.807) is 30.0 Å². The molecule has 0 spiro atoms. The number of carbonyl (C=O) groups is 2. The van der Waals surface area contributed by atoms with Crippen molar-refractivity contribution >= 4 is 29.1 Å². The zero-order valence-corrected chi connectivity index (χ0v) is 20.1. The molecule has 0 saturated carbocycles. The van der Waals surface area contributed by atoms with Gasteiger partial charge in [0.25, 0.3) is 11.9 Å². The number of nitrogens with zero attached hydrogens (tertiary/aromatic N) is 4. The number of rotatable bonds is 8. The standard InChI is InChI=1S/C23H27ClN6O3/c1-13-10-14(2)27-23(26-13)30-16(4)19(15(3)29-30)12-21(31)28-17-6-7-18(20(24)11-17)22(32)25-8-9-33-5/h6-7,10-11H,8-9,12H2,1-5H3,(H,25,32)(H,28,31). The number of methoxy groups -OCH3 is 1. The highest BCUT2D eigenvalue weighted by molar-refractivity contribution is 6.34. The van der Waals surface area contributed by atoms with Gasteiger partial charge in [0.05, 0.1) is 29.3 Å². The highest BCUT2D eigenvalue weighted by Gasteiger charge is 2.18. The van der Waals surface area contributed by atoms with E-state index < -0.39 is 0 Å². The lowest BCUT2D eigenvalue weighted by atomic mass is 10.1. The molecule has 1 aromatic carbocycles. The molecule has 0 saturated heterocycles. The van der Waals surface area contributed by atoms with E-state index in [9.17, 15) is 9.59 Å². The number of anilines is 1. The second kappa shape index (κ2) is 10.5. The Bertz CT molecular complexity index is 1170. The van der Waals surface area contributed by atoms with E-state index >= 15 is 0 Å². The Morgan fingerprint density at radius 2 is 1.79 bits per heavy atom. The summed E-state index contributed by atoms with van der Waals surface area (Å²) < 4.78 is 6.57. The number of aryl methyl sites for hydroxylation is 3. The van der Waals surface area contributed by atoms with Gasteiger partial charge in [0.2, 0.25) is 5.91 Å².